The van der Waals surface area contributed by atoms with Gasteiger partial charge >= 0.3 is 0 Å². The first-order valence-electron chi connectivity index (χ1n) is 7.90. The van der Waals surface area contributed by atoms with Crippen molar-refractivity contribution in [2.45, 2.75) is 25.9 Å². The quantitative estimate of drug-likeness (QED) is 0.863. The number of rotatable bonds is 4. The molecular formula is C17H20ClN3O2. The van der Waals surface area contributed by atoms with Crippen molar-refractivity contribution in [1.29, 1.82) is 0 Å². The summed E-state index contributed by atoms with van der Waals surface area (Å²) in [6.45, 7) is 4.29. The highest BCUT2D eigenvalue weighted by Gasteiger charge is 2.23. The summed E-state index contributed by atoms with van der Waals surface area (Å²) in [6, 6.07) is 9.28. The second-order valence-corrected chi connectivity index (χ2v) is 5.94. The van der Waals surface area contributed by atoms with Crippen LogP contribution >= 0.6 is 11.6 Å². The molecule has 0 bridgehead atoms. The Hall–Kier alpha value is -1.85. The summed E-state index contributed by atoms with van der Waals surface area (Å²) in [7, 11) is 0. The minimum absolute atomic E-state index is 0.182. The zero-order valence-corrected chi connectivity index (χ0v) is 13.9. The molecule has 3 rings (SSSR count). The summed E-state index contributed by atoms with van der Waals surface area (Å²) in [4.78, 5) is 14.6. The molecular weight excluding hydrogens is 314 g/mol. The number of hydrogen-bond donors (Lipinski definition) is 0. The normalized spacial score (nSPS) is 18.2. The monoisotopic (exact) mass is 333 g/mol. The molecule has 0 aliphatic carbocycles. The van der Waals surface area contributed by atoms with E-state index in [1.807, 2.05) is 37.3 Å². The van der Waals surface area contributed by atoms with Crippen LogP contribution in [0.25, 0.3) is 5.69 Å². The Bertz CT molecular complexity index is 716. The van der Waals surface area contributed by atoms with E-state index in [1.165, 1.54) is 4.68 Å². The predicted octanol–water partition coefficient (Wildman–Crippen LogP) is 2.89. The molecule has 2 heterocycles. The fourth-order valence-corrected chi connectivity index (χ4v) is 3.17. The van der Waals surface area contributed by atoms with Crippen LogP contribution in [-0.4, -0.2) is 35.6 Å². The molecule has 5 nitrogen and oxygen atoms in total. The first-order valence-corrected chi connectivity index (χ1v) is 8.28. The SMILES string of the molecule is CCOC1CCCN(c2cnn(-c3ccccc3)c(=O)c2Cl)C1. The Balaban J connectivity index is 1.90. The van der Waals surface area contributed by atoms with Gasteiger partial charge in [-0.15, -0.1) is 0 Å². The van der Waals surface area contributed by atoms with Crippen molar-refractivity contribution in [3.05, 3.63) is 51.9 Å². The lowest BCUT2D eigenvalue weighted by molar-refractivity contribution is 0.0526. The van der Waals surface area contributed by atoms with E-state index in [2.05, 4.69) is 10.00 Å². The van der Waals surface area contributed by atoms with Crippen molar-refractivity contribution in [2.75, 3.05) is 24.6 Å². The number of hydrogen-bond acceptors (Lipinski definition) is 4. The predicted molar refractivity (Wildman–Crippen MR) is 91.7 cm³/mol. The number of nitrogens with zero attached hydrogens (tertiary/aromatic N) is 3. The molecule has 1 aliphatic heterocycles. The van der Waals surface area contributed by atoms with Crippen molar-refractivity contribution < 1.29 is 4.74 Å². The molecule has 1 aromatic heterocycles. The summed E-state index contributed by atoms with van der Waals surface area (Å²) in [5.41, 5.74) is 1.10. The van der Waals surface area contributed by atoms with E-state index in [0.717, 1.165) is 25.9 Å². The number of halogens is 1. The molecule has 0 spiro atoms. The minimum atomic E-state index is -0.297. The lowest BCUT2D eigenvalue weighted by Gasteiger charge is -2.34. The van der Waals surface area contributed by atoms with E-state index >= 15 is 0 Å². The van der Waals surface area contributed by atoms with Gasteiger partial charge in [0.2, 0.25) is 0 Å². The molecule has 6 heteroatoms. The summed E-state index contributed by atoms with van der Waals surface area (Å²) >= 11 is 6.35. The molecule has 23 heavy (non-hydrogen) atoms. The fraction of sp³-hybridized carbons (Fsp3) is 0.412. The summed E-state index contributed by atoms with van der Waals surface area (Å²) in [6.07, 6.45) is 3.91. The van der Waals surface area contributed by atoms with Crippen molar-refractivity contribution in [3.63, 3.8) is 0 Å². The number of benzene rings is 1. The van der Waals surface area contributed by atoms with Crippen LogP contribution in [0.2, 0.25) is 5.02 Å². The lowest BCUT2D eigenvalue weighted by Crippen LogP contribution is -2.41. The van der Waals surface area contributed by atoms with Crippen LogP contribution < -0.4 is 10.5 Å². The number of ether oxygens (including phenoxy) is 1. The number of anilines is 1. The molecule has 1 fully saturated rings. The maximum Gasteiger partial charge on any atom is 0.292 e. The van der Waals surface area contributed by atoms with Crippen molar-refractivity contribution in [2.24, 2.45) is 0 Å². The van der Waals surface area contributed by atoms with Crippen LogP contribution in [0.1, 0.15) is 19.8 Å². The van der Waals surface area contributed by atoms with Crippen molar-refractivity contribution in [3.8, 4) is 5.69 Å². The molecule has 1 aliphatic rings. The van der Waals surface area contributed by atoms with E-state index in [4.69, 9.17) is 16.3 Å². The van der Waals surface area contributed by atoms with Crippen LogP contribution in [0.3, 0.4) is 0 Å². The zero-order chi connectivity index (χ0) is 16.2. The van der Waals surface area contributed by atoms with E-state index in [0.29, 0.717) is 18.0 Å². The molecule has 2 aromatic rings. The third-order valence-electron chi connectivity index (χ3n) is 4.02. The highest BCUT2D eigenvalue weighted by atomic mass is 35.5. The fourth-order valence-electron chi connectivity index (χ4n) is 2.93. The average molecular weight is 334 g/mol. The van der Waals surface area contributed by atoms with Gasteiger partial charge in [0.05, 0.1) is 23.7 Å². The summed E-state index contributed by atoms with van der Waals surface area (Å²) in [5.74, 6) is 0. The molecule has 0 amide bonds. The Morgan fingerprint density at radius 2 is 2.13 bits per heavy atom. The molecule has 1 aromatic carbocycles. The smallest absolute Gasteiger partial charge is 0.292 e. The van der Waals surface area contributed by atoms with Gasteiger partial charge < -0.3 is 9.64 Å². The highest BCUT2D eigenvalue weighted by molar-refractivity contribution is 6.33. The van der Waals surface area contributed by atoms with Crippen molar-refractivity contribution in [1.82, 2.24) is 9.78 Å². The standard InChI is InChI=1S/C17H20ClN3O2/c1-2-23-14-9-6-10-20(12-14)15-11-19-21(17(22)16(15)18)13-7-4-3-5-8-13/h3-5,7-8,11,14H,2,6,9-10,12H2,1H3. The van der Waals surface area contributed by atoms with Crippen LogP contribution in [0.5, 0.6) is 0 Å². The van der Waals surface area contributed by atoms with Crippen LogP contribution in [0, 0.1) is 0 Å². The molecule has 0 N–H and O–H groups in total. The van der Waals surface area contributed by atoms with Gasteiger partial charge in [-0.1, -0.05) is 29.8 Å². The highest BCUT2D eigenvalue weighted by Crippen LogP contribution is 2.26. The first kappa shape index (κ1) is 16.0. The van der Waals surface area contributed by atoms with Gasteiger partial charge in [0.15, 0.2) is 0 Å². The molecule has 0 radical (unpaired) electrons. The van der Waals surface area contributed by atoms with Gasteiger partial charge in [-0.3, -0.25) is 4.79 Å². The maximum absolute atomic E-state index is 12.6. The Morgan fingerprint density at radius 1 is 1.35 bits per heavy atom. The third-order valence-corrected chi connectivity index (χ3v) is 4.38. The lowest BCUT2D eigenvalue weighted by atomic mass is 10.1. The van der Waals surface area contributed by atoms with Crippen LogP contribution in [0.15, 0.2) is 41.3 Å². The zero-order valence-electron chi connectivity index (χ0n) is 13.1. The number of piperidine rings is 1. The first-order chi connectivity index (χ1) is 11.2. The average Bonchev–Trinajstić information content (AvgIpc) is 2.58. The maximum atomic E-state index is 12.6. The Morgan fingerprint density at radius 3 is 2.87 bits per heavy atom. The van der Waals surface area contributed by atoms with Gasteiger partial charge in [0, 0.05) is 19.7 Å². The van der Waals surface area contributed by atoms with E-state index < -0.39 is 0 Å². The van der Waals surface area contributed by atoms with Crippen LogP contribution in [-0.2, 0) is 4.74 Å². The number of aromatic nitrogens is 2. The molecule has 1 saturated heterocycles. The van der Waals surface area contributed by atoms with E-state index in [1.54, 1.807) is 6.20 Å². The third kappa shape index (κ3) is 3.41. The Labute approximate surface area is 140 Å². The number of para-hydroxylation sites is 1. The summed E-state index contributed by atoms with van der Waals surface area (Å²) in [5, 5.41) is 4.50. The van der Waals surface area contributed by atoms with Crippen LogP contribution in [0.4, 0.5) is 5.69 Å². The molecule has 1 unspecified atom stereocenters. The van der Waals surface area contributed by atoms with Gasteiger partial charge in [-0.05, 0) is 31.9 Å². The second-order valence-electron chi connectivity index (χ2n) is 5.56. The van der Waals surface area contributed by atoms with E-state index in [9.17, 15) is 4.79 Å². The molecule has 0 saturated carbocycles. The van der Waals surface area contributed by atoms with Gasteiger partial charge in [0.25, 0.3) is 5.56 Å². The molecule has 1 atom stereocenters. The largest absolute Gasteiger partial charge is 0.377 e. The second kappa shape index (κ2) is 7.15. The van der Waals surface area contributed by atoms with Gasteiger partial charge in [-0.2, -0.15) is 9.78 Å². The van der Waals surface area contributed by atoms with E-state index in [-0.39, 0.29) is 16.7 Å². The minimum Gasteiger partial charge on any atom is -0.377 e. The topological polar surface area (TPSA) is 47.4 Å². The Kier molecular flexibility index (Phi) is 4.98. The summed E-state index contributed by atoms with van der Waals surface area (Å²) < 4.78 is 7.04. The van der Waals surface area contributed by atoms with Gasteiger partial charge in [0.1, 0.15) is 5.02 Å². The van der Waals surface area contributed by atoms with Crippen molar-refractivity contribution >= 4 is 17.3 Å². The van der Waals surface area contributed by atoms with Gasteiger partial charge in [-0.25, -0.2) is 0 Å². The molecule has 122 valence electrons.